The van der Waals surface area contributed by atoms with Crippen molar-refractivity contribution in [3.63, 3.8) is 0 Å². The topological polar surface area (TPSA) is 37.3 Å². The first kappa shape index (κ1) is 10.8. The van der Waals surface area contributed by atoms with Crippen molar-refractivity contribution >= 4 is 5.97 Å². The summed E-state index contributed by atoms with van der Waals surface area (Å²) in [4.78, 5) is 10.8. The van der Waals surface area contributed by atoms with E-state index in [-0.39, 0.29) is 23.6 Å². The molecule has 2 nitrogen and oxygen atoms in total. The fourth-order valence-corrected chi connectivity index (χ4v) is 3.19. The van der Waals surface area contributed by atoms with Crippen molar-refractivity contribution in [3.8, 4) is 0 Å². The minimum Gasteiger partial charge on any atom is -0.481 e. The molecule has 0 heterocycles. The lowest BCUT2D eigenvalue weighted by molar-refractivity contribution is -0.137. The van der Waals surface area contributed by atoms with Crippen LogP contribution in [0.1, 0.15) is 49.1 Å². The Morgan fingerprint density at radius 3 is 2.82 bits per heavy atom. The molecule has 1 fully saturated rings. The summed E-state index contributed by atoms with van der Waals surface area (Å²) in [6.07, 6.45) is 4.40. The first-order valence-electron chi connectivity index (χ1n) is 6.12. The maximum absolute atomic E-state index is 13.3. The van der Waals surface area contributed by atoms with Crippen LogP contribution >= 0.6 is 0 Å². The van der Waals surface area contributed by atoms with Gasteiger partial charge in [-0.2, -0.15) is 0 Å². The molecule has 0 saturated heterocycles. The molecular formula is C14H15FO2. The largest absolute Gasteiger partial charge is 0.481 e. The Labute approximate surface area is 99.5 Å². The highest BCUT2D eigenvalue weighted by Crippen LogP contribution is 2.58. The predicted octanol–water partition coefficient (Wildman–Crippen LogP) is 3.21. The van der Waals surface area contributed by atoms with E-state index in [1.54, 1.807) is 6.07 Å². The lowest BCUT2D eigenvalue weighted by atomic mass is 9.73. The third-order valence-electron chi connectivity index (χ3n) is 4.27. The average molecular weight is 234 g/mol. The van der Waals surface area contributed by atoms with Gasteiger partial charge in [0.2, 0.25) is 0 Å². The van der Waals surface area contributed by atoms with Crippen LogP contribution in [-0.4, -0.2) is 11.1 Å². The Kier molecular flexibility index (Phi) is 2.25. The van der Waals surface area contributed by atoms with E-state index in [9.17, 15) is 9.18 Å². The predicted molar refractivity (Wildman–Crippen MR) is 61.5 cm³/mol. The molecule has 1 N–H and O–H groups in total. The average Bonchev–Trinajstić information content (AvgIpc) is 3.03. The zero-order valence-corrected chi connectivity index (χ0v) is 9.58. The molecular weight excluding hydrogens is 219 g/mol. The Bertz CT molecular complexity index is 477. The molecule has 1 spiro atoms. The summed E-state index contributed by atoms with van der Waals surface area (Å²) in [6, 6.07) is 4.91. The van der Waals surface area contributed by atoms with Gasteiger partial charge >= 0.3 is 5.97 Å². The summed E-state index contributed by atoms with van der Waals surface area (Å²) in [5.74, 6) is -1.06. The van der Waals surface area contributed by atoms with Gasteiger partial charge in [-0.3, -0.25) is 4.79 Å². The quantitative estimate of drug-likeness (QED) is 0.853. The van der Waals surface area contributed by atoms with E-state index in [2.05, 4.69) is 0 Å². The van der Waals surface area contributed by atoms with Crippen LogP contribution in [0.5, 0.6) is 0 Å². The van der Waals surface area contributed by atoms with Crippen molar-refractivity contribution in [2.45, 2.75) is 43.4 Å². The van der Waals surface area contributed by atoms with Crippen molar-refractivity contribution in [1.29, 1.82) is 0 Å². The molecule has 0 aliphatic heterocycles. The second kappa shape index (κ2) is 3.56. The number of halogens is 1. The van der Waals surface area contributed by atoms with Crippen LogP contribution in [0.15, 0.2) is 18.2 Å². The minimum absolute atomic E-state index is 0.00979. The van der Waals surface area contributed by atoms with Gasteiger partial charge in [0.25, 0.3) is 0 Å². The highest BCUT2D eigenvalue weighted by Gasteiger charge is 2.48. The molecule has 0 amide bonds. The van der Waals surface area contributed by atoms with Crippen LogP contribution in [0.2, 0.25) is 0 Å². The summed E-state index contributed by atoms with van der Waals surface area (Å²) in [7, 11) is 0. The lowest BCUT2D eigenvalue weighted by Crippen LogP contribution is -2.21. The van der Waals surface area contributed by atoms with Crippen molar-refractivity contribution in [3.05, 3.63) is 35.1 Å². The number of hydrogen-bond donors (Lipinski definition) is 1. The van der Waals surface area contributed by atoms with Crippen LogP contribution in [-0.2, 0) is 10.2 Å². The number of fused-ring (bicyclic) bond motifs is 2. The molecule has 0 aromatic heterocycles. The fraction of sp³-hybridized carbons (Fsp3) is 0.500. The monoisotopic (exact) mass is 234 g/mol. The maximum atomic E-state index is 13.3. The number of carboxylic acid groups (broad SMARTS) is 1. The molecule has 2 aliphatic rings. The first-order chi connectivity index (χ1) is 8.11. The molecule has 1 aromatic rings. The number of hydrogen-bond acceptors (Lipinski definition) is 1. The van der Waals surface area contributed by atoms with Gasteiger partial charge in [-0.15, -0.1) is 0 Å². The number of aliphatic carboxylic acids is 1. The maximum Gasteiger partial charge on any atom is 0.303 e. The molecule has 0 radical (unpaired) electrons. The second-order valence-electron chi connectivity index (χ2n) is 5.35. The molecule has 1 atom stereocenters. The molecule has 90 valence electrons. The van der Waals surface area contributed by atoms with Gasteiger partial charge in [0.1, 0.15) is 5.82 Å². The summed E-state index contributed by atoms with van der Waals surface area (Å²) in [5, 5.41) is 8.91. The number of benzene rings is 1. The molecule has 1 unspecified atom stereocenters. The summed E-state index contributed by atoms with van der Waals surface area (Å²) in [5.41, 5.74) is 2.41. The van der Waals surface area contributed by atoms with Crippen LogP contribution in [0, 0.1) is 5.82 Å². The van der Waals surface area contributed by atoms with Gasteiger partial charge in [0.05, 0.1) is 6.42 Å². The van der Waals surface area contributed by atoms with Gasteiger partial charge in [-0.05, 0) is 60.3 Å². The molecule has 1 aromatic carbocycles. The van der Waals surface area contributed by atoms with Crippen LogP contribution in [0.25, 0.3) is 0 Å². The number of carboxylic acids is 1. The van der Waals surface area contributed by atoms with Crippen LogP contribution in [0.4, 0.5) is 4.39 Å². The zero-order valence-electron chi connectivity index (χ0n) is 9.58. The van der Waals surface area contributed by atoms with E-state index in [4.69, 9.17) is 5.11 Å². The van der Waals surface area contributed by atoms with E-state index in [1.165, 1.54) is 24.5 Å². The molecule has 3 rings (SSSR count). The third kappa shape index (κ3) is 1.74. The second-order valence-corrected chi connectivity index (χ2v) is 5.35. The lowest BCUT2D eigenvalue weighted by Gasteiger charge is -2.31. The van der Waals surface area contributed by atoms with Crippen molar-refractivity contribution in [1.82, 2.24) is 0 Å². The Morgan fingerprint density at radius 2 is 2.18 bits per heavy atom. The number of rotatable bonds is 2. The molecule has 17 heavy (non-hydrogen) atoms. The van der Waals surface area contributed by atoms with Gasteiger partial charge < -0.3 is 5.11 Å². The van der Waals surface area contributed by atoms with Crippen molar-refractivity contribution < 1.29 is 14.3 Å². The Hall–Kier alpha value is -1.38. The Balaban J connectivity index is 2.02. The van der Waals surface area contributed by atoms with Crippen molar-refractivity contribution in [2.75, 3.05) is 0 Å². The third-order valence-corrected chi connectivity index (χ3v) is 4.27. The zero-order chi connectivity index (χ0) is 12.0. The van der Waals surface area contributed by atoms with Crippen LogP contribution < -0.4 is 0 Å². The van der Waals surface area contributed by atoms with Gasteiger partial charge in [-0.25, -0.2) is 4.39 Å². The molecule has 1 saturated carbocycles. The SMILES string of the molecule is O=C(O)CC1CCC2(CC2)c2ccc(F)cc21. The minimum atomic E-state index is -0.794. The summed E-state index contributed by atoms with van der Waals surface area (Å²) in [6.45, 7) is 0. The van der Waals surface area contributed by atoms with E-state index in [0.29, 0.717) is 0 Å². The Morgan fingerprint density at radius 1 is 1.41 bits per heavy atom. The van der Waals surface area contributed by atoms with E-state index in [1.807, 2.05) is 6.07 Å². The summed E-state index contributed by atoms with van der Waals surface area (Å²) >= 11 is 0. The highest BCUT2D eigenvalue weighted by atomic mass is 19.1. The fourth-order valence-electron chi connectivity index (χ4n) is 3.19. The summed E-state index contributed by atoms with van der Waals surface area (Å²) < 4.78 is 13.3. The van der Waals surface area contributed by atoms with Crippen LogP contribution in [0.3, 0.4) is 0 Å². The van der Waals surface area contributed by atoms with E-state index >= 15 is 0 Å². The molecule has 3 heteroatoms. The number of carbonyl (C=O) groups is 1. The molecule has 2 aliphatic carbocycles. The first-order valence-corrected chi connectivity index (χ1v) is 6.12. The normalized spacial score (nSPS) is 24.4. The van der Waals surface area contributed by atoms with Gasteiger partial charge in [-0.1, -0.05) is 6.07 Å². The highest BCUT2D eigenvalue weighted by molar-refractivity contribution is 5.68. The van der Waals surface area contributed by atoms with Crippen molar-refractivity contribution in [2.24, 2.45) is 0 Å². The smallest absolute Gasteiger partial charge is 0.303 e. The standard InChI is InChI=1S/C14H15FO2/c15-10-1-2-12-11(8-10)9(7-13(16)17)3-4-14(12)5-6-14/h1-2,8-9H,3-7H2,(H,16,17). The van der Waals surface area contributed by atoms with E-state index < -0.39 is 5.97 Å². The van der Waals surface area contributed by atoms with E-state index in [0.717, 1.165) is 18.4 Å². The molecule has 0 bridgehead atoms. The van der Waals surface area contributed by atoms with Gasteiger partial charge in [0, 0.05) is 0 Å². The van der Waals surface area contributed by atoms with Gasteiger partial charge in [0.15, 0.2) is 0 Å².